The number of halogens is 1. The van der Waals surface area contributed by atoms with Crippen LogP contribution in [0.2, 0.25) is 0 Å². The minimum Gasteiger partial charge on any atom is -0.342 e. The van der Waals surface area contributed by atoms with Crippen LogP contribution in [0, 0.1) is 0 Å². The van der Waals surface area contributed by atoms with Crippen LogP contribution >= 0.6 is 12.4 Å². The summed E-state index contributed by atoms with van der Waals surface area (Å²) in [6.07, 6.45) is 8.63. The molecule has 130 valence electrons. The van der Waals surface area contributed by atoms with Gasteiger partial charge < -0.3 is 10.2 Å². The fourth-order valence-electron chi connectivity index (χ4n) is 4.00. The molecule has 2 fully saturated rings. The number of hydrogen-bond acceptors (Lipinski definition) is 3. The summed E-state index contributed by atoms with van der Waals surface area (Å²) in [5.41, 5.74) is 0.260. The van der Waals surface area contributed by atoms with E-state index in [1.165, 1.54) is 32.1 Å². The van der Waals surface area contributed by atoms with E-state index in [4.69, 9.17) is 0 Å². The third kappa shape index (κ3) is 4.84. The number of carbonyl (C=O) groups excluding carboxylic acids is 1. The normalized spacial score (nSPS) is 21.4. The first-order valence-electron chi connectivity index (χ1n) is 8.95. The van der Waals surface area contributed by atoms with Gasteiger partial charge in [0.15, 0.2) is 0 Å². The third-order valence-electron chi connectivity index (χ3n) is 5.13. The molecule has 0 unspecified atom stereocenters. The third-order valence-corrected chi connectivity index (χ3v) is 5.13. The zero-order chi connectivity index (χ0) is 15.1. The van der Waals surface area contributed by atoms with Crippen molar-refractivity contribution < 1.29 is 4.79 Å². The molecule has 5 heteroatoms. The SMILES string of the molecule is CCCN(CCC)C(=O)CN1CCNCC12CCCCC2.Cl. The molecule has 1 aliphatic carbocycles. The van der Waals surface area contributed by atoms with Crippen LogP contribution in [0.4, 0.5) is 0 Å². The molecule has 0 radical (unpaired) electrons. The molecular weight excluding hydrogens is 298 g/mol. The summed E-state index contributed by atoms with van der Waals surface area (Å²) in [7, 11) is 0. The van der Waals surface area contributed by atoms with E-state index in [9.17, 15) is 4.79 Å². The maximum absolute atomic E-state index is 12.7. The minimum absolute atomic E-state index is 0. The lowest BCUT2D eigenvalue weighted by Gasteiger charge is -2.50. The second kappa shape index (κ2) is 9.74. The predicted octanol–water partition coefficient (Wildman–Crippen LogP) is 2.66. The summed E-state index contributed by atoms with van der Waals surface area (Å²) in [5, 5.41) is 3.56. The van der Waals surface area contributed by atoms with E-state index in [1.54, 1.807) is 0 Å². The second-order valence-electron chi connectivity index (χ2n) is 6.76. The minimum atomic E-state index is 0. The lowest BCUT2D eigenvalue weighted by atomic mass is 9.79. The average molecular weight is 332 g/mol. The van der Waals surface area contributed by atoms with Crippen molar-refractivity contribution in [3.8, 4) is 0 Å². The van der Waals surface area contributed by atoms with Gasteiger partial charge in [0.05, 0.1) is 6.54 Å². The van der Waals surface area contributed by atoms with Gasteiger partial charge in [0.25, 0.3) is 0 Å². The lowest BCUT2D eigenvalue weighted by molar-refractivity contribution is -0.135. The van der Waals surface area contributed by atoms with Crippen LogP contribution in [0.25, 0.3) is 0 Å². The largest absolute Gasteiger partial charge is 0.342 e. The molecule has 2 rings (SSSR count). The van der Waals surface area contributed by atoms with E-state index < -0.39 is 0 Å². The summed E-state index contributed by atoms with van der Waals surface area (Å²) in [5.74, 6) is 0.338. The standard InChI is InChI=1S/C17H33N3O.ClH/c1-3-11-19(12-4-2)16(21)14-20-13-10-18-15-17(20)8-6-5-7-9-17;/h18H,3-15H2,1-2H3;1H. The summed E-state index contributed by atoms with van der Waals surface area (Å²) >= 11 is 0. The Morgan fingerprint density at radius 2 is 1.77 bits per heavy atom. The van der Waals surface area contributed by atoms with E-state index in [1.807, 2.05) is 0 Å². The van der Waals surface area contributed by atoms with Crippen LogP contribution in [0.3, 0.4) is 0 Å². The van der Waals surface area contributed by atoms with Crippen molar-refractivity contribution in [1.29, 1.82) is 0 Å². The number of nitrogens with one attached hydrogen (secondary N) is 1. The number of amides is 1. The molecule has 1 amide bonds. The Labute approximate surface area is 142 Å². The fraction of sp³-hybridized carbons (Fsp3) is 0.941. The summed E-state index contributed by atoms with van der Waals surface area (Å²) in [6.45, 7) is 9.88. The quantitative estimate of drug-likeness (QED) is 0.812. The van der Waals surface area contributed by atoms with Gasteiger partial charge in [0.2, 0.25) is 5.91 Å². The highest BCUT2D eigenvalue weighted by Crippen LogP contribution is 2.34. The van der Waals surface area contributed by atoms with Crippen LogP contribution in [0.1, 0.15) is 58.8 Å². The first-order chi connectivity index (χ1) is 10.2. The first-order valence-corrected chi connectivity index (χ1v) is 8.95. The Kier molecular flexibility index (Phi) is 8.73. The molecule has 0 aromatic rings. The van der Waals surface area contributed by atoms with E-state index in [2.05, 4.69) is 29.0 Å². The smallest absolute Gasteiger partial charge is 0.236 e. The van der Waals surface area contributed by atoms with Crippen LogP contribution in [0.5, 0.6) is 0 Å². The highest BCUT2D eigenvalue weighted by atomic mass is 35.5. The molecule has 1 saturated heterocycles. The summed E-state index contributed by atoms with van der Waals surface area (Å²) < 4.78 is 0. The molecule has 0 aromatic carbocycles. The average Bonchev–Trinajstić information content (AvgIpc) is 2.50. The zero-order valence-electron chi connectivity index (χ0n) is 14.4. The highest BCUT2D eigenvalue weighted by molar-refractivity contribution is 5.85. The van der Waals surface area contributed by atoms with Crippen molar-refractivity contribution in [2.24, 2.45) is 0 Å². The van der Waals surface area contributed by atoms with E-state index in [0.717, 1.165) is 45.6 Å². The van der Waals surface area contributed by atoms with Crippen molar-refractivity contribution >= 4 is 18.3 Å². The van der Waals surface area contributed by atoms with Gasteiger partial charge in [0, 0.05) is 38.3 Å². The molecule has 1 aliphatic heterocycles. The Morgan fingerprint density at radius 3 is 2.36 bits per heavy atom. The molecule has 0 aromatic heterocycles. The van der Waals surface area contributed by atoms with E-state index in [0.29, 0.717) is 12.5 Å². The van der Waals surface area contributed by atoms with Crippen LogP contribution in [-0.4, -0.2) is 60.5 Å². The Balaban J connectivity index is 0.00000242. The van der Waals surface area contributed by atoms with Crippen LogP contribution < -0.4 is 5.32 Å². The zero-order valence-corrected chi connectivity index (χ0v) is 15.2. The van der Waals surface area contributed by atoms with Crippen molar-refractivity contribution in [3.63, 3.8) is 0 Å². The maximum atomic E-state index is 12.7. The first kappa shape index (κ1) is 19.7. The van der Waals surface area contributed by atoms with Gasteiger partial charge in [-0.25, -0.2) is 0 Å². The number of rotatable bonds is 6. The molecular formula is C17H34ClN3O. The number of piperazine rings is 1. The lowest BCUT2D eigenvalue weighted by Crippen LogP contribution is -2.63. The van der Waals surface area contributed by atoms with Crippen molar-refractivity contribution in [3.05, 3.63) is 0 Å². The van der Waals surface area contributed by atoms with E-state index in [-0.39, 0.29) is 17.9 Å². The van der Waals surface area contributed by atoms with Gasteiger partial charge >= 0.3 is 0 Å². The van der Waals surface area contributed by atoms with Crippen LogP contribution in [-0.2, 0) is 4.79 Å². The molecule has 0 atom stereocenters. The molecule has 1 spiro atoms. The summed E-state index contributed by atoms with van der Waals surface area (Å²) in [6, 6.07) is 0. The monoisotopic (exact) mass is 331 g/mol. The topological polar surface area (TPSA) is 35.6 Å². The Hall–Kier alpha value is -0.320. The second-order valence-corrected chi connectivity index (χ2v) is 6.76. The molecule has 22 heavy (non-hydrogen) atoms. The molecule has 2 aliphatic rings. The van der Waals surface area contributed by atoms with E-state index >= 15 is 0 Å². The fourth-order valence-corrected chi connectivity index (χ4v) is 4.00. The van der Waals surface area contributed by atoms with Gasteiger partial charge in [-0.1, -0.05) is 33.1 Å². The van der Waals surface area contributed by atoms with Gasteiger partial charge in [-0.05, 0) is 25.7 Å². The molecule has 1 heterocycles. The highest BCUT2D eigenvalue weighted by Gasteiger charge is 2.40. The van der Waals surface area contributed by atoms with Crippen molar-refractivity contribution in [1.82, 2.24) is 15.1 Å². The number of carbonyl (C=O) groups is 1. The summed E-state index contributed by atoms with van der Waals surface area (Å²) in [4.78, 5) is 17.3. The van der Waals surface area contributed by atoms with Gasteiger partial charge in [-0.3, -0.25) is 9.69 Å². The maximum Gasteiger partial charge on any atom is 0.236 e. The molecule has 4 nitrogen and oxygen atoms in total. The van der Waals surface area contributed by atoms with Crippen molar-refractivity contribution in [2.45, 2.75) is 64.3 Å². The number of hydrogen-bond donors (Lipinski definition) is 1. The van der Waals surface area contributed by atoms with Crippen molar-refractivity contribution in [2.75, 3.05) is 39.3 Å². The van der Waals surface area contributed by atoms with Gasteiger partial charge in [-0.2, -0.15) is 0 Å². The molecule has 1 saturated carbocycles. The van der Waals surface area contributed by atoms with Crippen LogP contribution in [0.15, 0.2) is 0 Å². The van der Waals surface area contributed by atoms with Gasteiger partial charge in [0.1, 0.15) is 0 Å². The Morgan fingerprint density at radius 1 is 1.14 bits per heavy atom. The predicted molar refractivity (Wildman–Crippen MR) is 94.7 cm³/mol. The number of nitrogens with zero attached hydrogens (tertiary/aromatic N) is 2. The Bertz CT molecular complexity index is 318. The van der Waals surface area contributed by atoms with Gasteiger partial charge in [-0.15, -0.1) is 12.4 Å². The molecule has 1 N–H and O–H groups in total. The molecule has 0 bridgehead atoms.